The first-order valence-electron chi connectivity index (χ1n) is 8.51. The number of carbonyl (C=O) groups is 3. The average molecular weight is 352 g/mol. The lowest BCUT2D eigenvalue weighted by Crippen LogP contribution is -2.42. The zero-order valence-electron chi connectivity index (χ0n) is 14.2. The van der Waals surface area contributed by atoms with Crippen molar-refractivity contribution in [3.05, 3.63) is 71.3 Å². The summed E-state index contributed by atoms with van der Waals surface area (Å²) in [5, 5.41) is 4.78. The maximum atomic E-state index is 12.3. The second kappa shape index (κ2) is 8.29. The molecule has 26 heavy (non-hydrogen) atoms. The summed E-state index contributed by atoms with van der Waals surface area (Å²) in [6.45, 7) is -0.503. The van der Waals surface area contributed by atoms with Gasteiger partial charge in [0, 0.05) is 6.04 Å². The van der Waals surface area contributed by atoms with Crippen LogP contribution in [0.3, 0.4) is 0 Å². The van der Waals surface area contributed by atoms with Crippen LogP contribution in [0, 0.1) is 0 Å². The van der Waals surface area contributed by atoms with Crippen LogP contribution >= 0.6 is 0 Å². The lowest BCUT2D eigenvalue weighted by atomic mass is 10.00. The lowest BCUT2D eigenvalue weighted by Gasteiger charge is -2.10. The zero-order chi connectivity index (χ0) is 18.4. The number of benzene rings is 2. The summed E-state index contributed by atoms with van der Waals surface area (Å²) in [4.78, 5) is 35.5. The molecule has 0 heterocycles. The molecule has 0 spiro atoms. The lowest BCUT2D eigenvalue weighted by molar-refractivity contribution is -0.123. The number of urea groups is 1. The summed E-state index contributed by atoms with van der Waals surface area (Å²) in [6, 6.07) is 16.5. The van der Waals surface area contributed by atoms with Gasteiger partial charge in [0.15, 0.2) is 6.61 Å². The van der Waals surface area contributed by atoms with Crippen LogP contribution in [0.5, 0.6) is 0 Å². The van der Waals surface area contributed by atoms with Gasteiger partial charge in [-0.25, -0.2) is 9.59 Å². The Balaban J connectivity index is 1.55. The molecule has 2 N–H and O–H groups in total. The number of carbonyl (C=O) groups excluding carboxylic acids is 3. The van der Waals surface area contributed by atoms with E-state index in [2.05, 4.69) is 10.6 Å². The van der Waals surface area contributed by atoms with E-state index in [0.29, 0.717) is 12.0 Å². The molecule has 2 aromatic rings. The van der Waals surface area contributed by atoms with Crippen LogP contribution in [0.15, 0.2) is 54.6 Å². The number of hydrogen-bond acceptors (Lipinski definition) is 4. The summed E-state index contributed by atoms with van der Waals surface area (Å²) in [7, 11) is 0. The quantitative estimate of drug-likeness (QED) is 0.782. The molecule has 0 bridgehead atoms. The highest BCUT2D eigenvalue weighted by atomic mass is 16.5. The molecule has 1 fully saturated rings. The Hall–Kier alpha value is -3.15. The second-order valence-electron chi connectivity index (χ2n) is 6.19. The summed E-state index contributed by atoms with van der Waals surface area (Å²) in [6.07, 6.45) is 2.44. The normalized spacial score (nSPS) is 12.9. The molecule has 0 aromatic heterocycles. The predicted molar refractivity (Wildman–Crippen MR) is 95.7 cm³/mol. The molecule has 134 valence electrons. The molecule has 0 unspecified atom stereocenters. The van der Waals surface area contributed by atoms with E-state index in [-0.39, 0.29) is 6.04 Å². The summed E-state index contributed by atoms with van der Waals surface area (Å²) >= 11 is 0. The third-order valence-electron chi connectivity index (χ3n) is 3.97. The summed E-state index contributed by atoms with van der Waals surface area (Å²) < 4.78 is 5.06. The largest absolute Gasteiger partial charge is 0.452 e. The van der Waals surface area contributed by atoms with Crippen LogP contribution in [0.4, 0.5) is 4.79 Å². The number of hydrogen-bond donors (Lipinski definition) is 2. The fourth-order valence-electron chi connectivity index (χ4n) is 2.51. The van der Waals surface area contributed by atoms with E-state index in [9.17, 15) is 14.4 Å². The molecule has 3 amide bonds. The Morgan fingerprint density at radius 3 is 2.38 bits per heavy atom. The Morgan fingerprint density at radius 2 is 1.65 bits per heavy atom. The van der Waals surface area contributed by atoms with E-state index in [1.807, 2.05) is 42.5 Å². The molecule has 0 saturated heterocycles. The topological polar surface area (TPSA) is 84.5 Å². The first kappa shape index (κ1) is 17.7. The molecule has 0 aliphatic heterocycles. The van der Waals surface area contributed by atoms with Gasteiger partial charge in [-0.15, -0.1) is 0 Å². The molecule has 0 radical (unpaired) electrons. The Kier molecular flexibility index (Phi) is 5.63. The number of ether oxygens (including phenoxy) is 1. The van der Waals surface area contributed by atoms with Gasteiger partial charge in [0.05, 0.1) is 5.56 Å². The number of amides is 3. The molecule has 1 saturated carbocycles. The molecular weight excluding hydrogens is 332 g/mol. The van der Waals surface area contributed by atoms with Crippen LogP contribution in [-0.4, -0.2) is 30.6 Å². The van der Waals surface area contributed by atoms with Crippen molar-refractivity contribution in [2.75, 3.05) is 6.61 Å². The predicted octanol–water partition coefficient (Wildman–Crippen LogP) is 2.42. The van der Waals surface area contributed by atoms with Crippen LogP contribution in [0.1, 0.15) is 34.3 Å². The van der Waals surface area contributed by atoms with Gasteiger partial charge in [0.2, 0.25) is 0 Å². The number of imide groups is 1. The van der Waals surface area contributed by atoms with Gasteiger partial charge in [-0.2, -0.15) is 0 Å². The van der Waals surface area contributed by atoms with Crippen LogP contribution in [0.25, 0.3) is 0 Å². The maximum Gasteiger partial charge on any atom is 0.338 e. The van der Waals surface area contributed by atoms with Crippen molar-refractivity contribution in [3.63, 3.8) is 0 Å². The highest BCUT2D eigenvalue weighted by Crippen LogP contribution is 2.18. The monoisotopic (exact) mass is 352 g/mol. The van der Waals surface area contributed by atoms with Gasteiger partial charge >= 0.3 is 12.0 Å². The Labute approximate surface area is 151 Å². The minimum atomic E-state index is -0.656. The third-order valence-corrected chi connectivity index (χ3v) is 3.97. The van der Waals surface area contributed by atoms with Crippen LogP contribution < -0.4 is 10.6 Å². The van der Waals surface area contributed by atoms with Crippen LogP contribution in [0.2, 0.25) is 0 Å². The number of nitrogens with one attached hydrogen (secondary N) is 2. The summed E-state index contributed by atoms with van der Waals surface area (Å²) in [5.41, 5.74) is 2.30. The van der Waals surface area contributed by atoms with Crippen molar-refractivity contribution in [1.82, 2.24) is 10.6 Å². The zero-order valence-corrected chi connectivity index (χ0v) is 14.2. The van der Waals surface area contributed by atoms with E-state index < -0.39 is 24.5 Å². The van der Waals surface area contributed by atoms with Gasteiger partial charge in [-0.05, 0) is 36.5 Å². The second-order valence-corrected chi connectivity index (χ2v) is 6.19. The molecule has 3 rings (SSSR count). The standard InChI is InChI=1S/C20H20N2O4/c23-18(22-20(25)21-16-10-11-16)13-26-19(24)17-9-5-4-8-15(17)12-14-6-2-1-3-7-14/h1-9,16H,10-13H2,(H2,21,22,23,25). The van der Waals surface area contributed by atoms with E-state index in [4.69, 9.17) is 4.74 Å². The minimum absolute atomic E-state index is 0.148. The number of esters is 1. The SMILES string of the molecule is O=C(COC(=O)c1ccccc1Cc1ccccc1)NC(=O)NC1CC1. The highest BCUT2D eigenvalue weighted by molar-refractivity contribution is 5.97. The minimum Gasteiger partial charge on any atom is -0.452 e. The smallest absolute Gasteiger partial charge is 0.338 e. The first-order chi connectivity index (χ1) is 12.6. The van der Waals surface area contributed by atoms with Crippen molar-refractivity contribution in [2.45, 2.75) is 25.3 Å². The molecule has 6 heteroatoms. The van der Waals surface area contributed by atoms with Crippen LogP contribution in [-0.2, 0) is 16.0 Å². The average Bonchev–Trinajstić information content (AvgIpc) is 3.45. The van der Waals surface area contributed by atoms with E-state index in [1.165, 1.54) is 0 Å². The molecule has 1 aliphatic rings. The van der Waals surface area contributed by atoms with E-state index in [1.54, 1.807) is 12.1 Å². The molecule has 6 nitrogen and oxygen atoms in total. The van der Waals surface area contributed by atoms with Gasteiger partial charge in [-0.1, -0.05) is 48.5 Å². The molecule has 2 aromatic carbocycles. The fraction of sp³-hybridized carbons (Fsp3) is 0.250. The van der Waals surface area contributed by atoms with Crippen molar-refractivity contribution in [3.8, 4) is 0 Å². The molecule has 1 aliphatic carbocycles. The van der Waals surface area contributed by atoms with Crippen molar-refractivity contribution in [2.24, 2.45) is 0 Å². The third kappa shape index (κ3) is 5.17. The number of rotatable bonds is 6. The molecule has 0 atom stereocenters. The highest BCUT2D eigenvalue weighted by Gasteiger charge is 2.24. The Bertz CT molecular complexity index is 800. The van der Waals surface area contributed by atoms with E-state index in [0.717, 1.165) is 24.0 Å². The Morgan fingerprint density at radius 1 is 0.962 bits per heavy atom. The van der Waals surface area contributed by atoms with Crippen molar-refractivity contribution < 1.29 is 19.1 Å². The summed E-state index contributed by atoms with van der Waals surface area (Å²) in [5.74, 6) is -1.24. The van der Waals surface area contributed by atoms with Gasteiger partial charge in [0.25, 0.3) is 5.91 Å². The molecular formula is C20H20N2O4. The van der Waals surface area contributed by atoms with Crippen molar-refractivity contribution in [1.29, 1.82) is 0 Å². The first-order valence-corrected chi connectivity index (χ1v) is 8.51. The van der Waals surface area contributed by atoms with Gasteiger partial charge < -0.3 is 10.1 Å². The fourth-order valence-corrected chi connectivity index (χ4v) is 2.51. The van der Waals surface area contributed by atoms with Crippen molar-refractivity contribution >= 4 is 17.9 Å². The van der Waals surface area contributed by atoms with E-state index >= 15 is 0 Å². The van der Waals surface area contributed by atoms with Gasteiger partial charge in [0.1, 0.15) is 0 Å². The van der Waals surface area contributed by atoms with Gasteiger partial charge in [-0.3, -0.25) is 10.1 Å². The maximum absolute atomic E-state index is 12.3.